The van der Waals surface area contributed by atoms with E-state index in [0.29, 0.717) is 28.4 Å². The van der Waals surface area contributed by atoms with Crippen molar-refractivity contribution in [3.63, 3.8) is 0 Å². The molecule has 0 radical (unpaired) electrons. The molecule has 1 aliphatic heterocycles. The molecule has 0 fully saturated rings. The summed E-state index contributed by atoms with van der Waals surface area (Å²) >= 11 is 0. The average molecular weight is 349 g/mol. The van der Waals surface area contributed by atoms with Crippen LogP contribution >= 0.6 is 0 Å². The van der Waals surface area contributed by atoms with Crippen LogP contribution in [0.2, 0.25) is 0 Å². The van der Waals surface area contributed by atoms with Crippen LogP contribution in [-0.4, -0.2) is 32.9 Å². The Balaban J connectivity index is 1.60. The number of carbonyl (C=O) groups is 2. The van der Waals surface area contributed by atoms with Gasteiger partial charge in [0, 0.05) is 5.69 Å². The van der Waals surface area contributed by atoms with Gasteiger partial charge in [-0.3, -0.25) is 9.59 Å². The van der Waals surface area contributed by atoms with Gasteiger partial charge >= 0.3 is 0 Å². The number of hydrogen-bond donors (Lipinski definition) is 2. The second-order valence-corrected chi connectivity index (χ2v) is 5.78. The minimum Gasteiger partial charge on any atom is -0.479 e. The van der Waals surface area contributed by atoms with Gasteiger partial charge in [0.2, 0.25) is 0 Å². The summed E-state index contributed by atoms with van der Waals surface area (Å²) in [7, 11) is 0. The van der Waals surface area contributed by atoms with Crippen LogP contribution in [0.3, 0.4) is 0 Å². The Morgan fingerprint density at radius 3 is 2.92 bits per heavy atom. The molecule has 130 valence electrons. The van der Waals surface area contributed by atoms with E-state index in [2.05, 4.69) is 20.9 Å². The van der Waals surface area contributed by atoms with Gasteiger partial charge in [0.25, 0.3) is 11.8 Å². The fraction of sp³-hybridized carbons (Fsp3) is 0.111. The summed E-state index contributed by atoms with van der Waals surface area (Å²) in [6.45, 7) is 1.68. The van der Waals surface area contributed by atoms with Crippen molar-refractivity contribution < 1.29 is 14.3 Å². The smallest absolute Gasteiger partial charge is 0.265 e. The van der Waals surface area contributed by atoms with Crippen molar-refractivity contribution in [1.29, 1.82) is 0 Å². The molecule has 1 atom stereocenters. The molecule has 2 heterocycles. The minimum absolute atomic E-state index is 0.225. The molecular weight excluding hydrogens is 334 g/mol. The number of hydrogen-bond acceptors (Lipinski definition) is 5. The Morgan fingerprint density at radius 2 is 2.12 bits per heavy atom. The van der Waals surface area contributed by atoms with E-state index in [4.69, 9.17) is 4.74 Å². The normalized spacial score (nSPS) is 15.6. The van der Waals surface area contributed by atoms with E-state index in [1.165, 1.54) is 4.68 Å². The molecule has 26 heavy (non-hydrogen) atoms. The molecule has 0 saturated heterocycles. The molecule has 0 spiro atoms. The first kappa shape index (κ1) is 15.8. The van der Waals surface area contributed by atoms with E-state index in [1.807, 2.05) is 6.07 Å². The Bertz CT molecular complexity index is 984. The molecular formula is C18H15N5O3. The van der Waals surface area contributed by atoms with E-state index in [1.54, 1.807) is 55.7 Å². The van der Waals surface area contributed by atoms with Crippen LogP contribution in [0.5, 0.6) is 5.75 Å². The van der Waals surface area contributed by atoms with Crippen LogP contribution in [0.15, 0.2) is 54.9 Å². The zero-order valence-corrected chi connectivity index (χ0v) is 13.8. The minimum atomic E-state index is -0.544. The third-order valence-corrected chi connectivity index (χ3v) is 3.99. The standard InChI is InChI=1S/C18H15N5O3/c1-11-17(24)21-14-10-12(6-7-16(14)26-11)20-18(25)13-4-2-3-5-15(13)23-9-8-19-22-23/h2-11H,1H3,(H,20,25)(H,21,24). The Kier molecular flexibility index (Phi) is 3.85. The van der Waals surface area contributed by atoms with Crippen molar-refractivity contribution in [2.45, 2.75) is 13.0 Å². The number of benzene rings is 2. The van der Waals surface area contributed by atoms with Crippen LogP contribution in [-0.2, 0) is 4.79 Å². The van der Waals surface area contributed by atoms with Crippen LogP contribution in [0.4, 0.5) is 11.4 Å². The number of carbonyl (C=O) groups excluding carboxylic acids is 2. The molecule has 4 rings (SSSR count). The molecule has 0 aliphatic carbocycles. The molecule has 0 saturated carbocycles. The summed E-state index contributed by atoms with van der Waals surface area (Å²) in [6, 6.07) is 12.2. The molecule has 0 bridgehead atoms. The highest BCUT2D eigenvalue weighted by molar-refractivity contribution is 6.07. The zero-order chi connectivity index (χ0) is 18.1. The number of amides is 2. The van der Waals surface area contributed by atoms with Gasteiger partial charge in [-0.25, -0.2) is 4.68 Å². The lowest BCUT2D eigenvalue weighted by molar-refractivity contribution is -0.122. The van der Waals surface area contributed by atoms with Gasteiger partial charge < -0.3 is 15.4 Å². The van der Waals surface area contributed by atoms with Crippen LogP contribution in [0.1, 0.15) is 17.3 Å². The largest absolute Gasteiger partial charge is 0.479 e. The lowest BCUT2D eigenvalue weighted by Crippen LogP contribution is -2.34. The van der Waals surface area contributed by atoms with Crippen LogP contribution < -0.4 is 15.4 Å². The van der Waals surface area contributed by atoms with E-state index in [-0.39, 0.29) is 11.8 Å². The van der Waals surface area contributed by atoms with E-state index in [9.17, 15) is 9.59 Å². The van der Waals surface area contributed by atoms with Gasteiger partial charge in [-0.2, -0.15) is 0 Å². The fourth-order valence-corrected chi connectivity index (χ4v) is 2.69. The second-order valence-electron chi connectivity index (χ2n) is 5.78. The molecule has 2 amide bonds. The Morgan fingerprint density at radius 1 is 1.27 bits per heavy atom. The molecule has 8 heteroatoms. The number of ether oxygens (including phenoxy) is 1. The van der Waals surface area contributed by atoms with Crippen molar-refractivity contribution in [3.05, 3.63) is 60.4 Å². The molecule has 2 N–H and O–H groups in total. The van der Waals surface area contributed by atoms with Crippen molar-refractivity contribution in [2.24, 2.45) is 0 Å². The Hall–Kier alpha value is -3.68. The van der Waals surface area contributed by atoms with Gasteiger partial charge in [0.15, 0.2) is 6.10 Å². The van der Waals surface area contributed by atoms with Gasteiger partial charge in [-0.15, -0.1) is 5.10 Å². The van der Waals surface area contributed by atoms with Gasteiger partial charge in [-0.05, 0) is 37.3 Å². The molecule has 1 aromatic heterocycles. The van der Waals surface area contributed by atoms with Crippen LogP contribution in [0, 0.1) is 0 Å². The maximum Gasteiger partial charge on any atom is 0.265 e. The van der Waals surface area contributed by atoms with Gasteiger partial charge in [0.05, 0.1) is 29.3 Å². The second kappa shape index (κ2) is 6.32. The van der Waals surface area contributed by atoms with E-state index in [0.717, 1.165) is 0 Å². The number of nitrogens with zero attached hydrogens (tertiary/aromatic N) is 3. The predicted octanol–water partition coefficient (Wildman–Crippen LogP) is 2.24. The number of para-hydroxylation sites is 1. The fourth-order valence-electron chi connectivity index (χ4n) is 2.69. The summed E-state index contributed by atoms with van der Waals surface area (Å²) < 4.78 is 7.04. The van der Waals surface area contributed by atoms with Gasteiger partial charge in [0.1, 0.15) is 5.75 Å². The summed E-state index contributed by atoms with van der Waals surface area (Å²) in [5.41, 5.74) is 2.13. The highest BCUT2D eigenvalue weighted by atomic mass is 16.5. The summed E-state index contributed by atoms with van der Waals surface area (Å²) in [4.78, 5) is 24.5. The molecule has 2 aromatic carbocycles. The average Bonchev–Trinajstić information content (AvgIpc) is 3.17. The lowest BCUT2D eigenvalue weighted by atomic mass is 10.1. The Labute approximate surface area is 148 Å². The monoisotopic (exact) mass is 349 g/mol. The molecule has 8 nitrogen and oxygen atoms in total. The lowest BCUT2D eigenvalue weighted by Gasteiger charge is -2.23. The van der Waals surface area contributed by atoms with Crippen molar-refractivity contribution in [3.8, 4) is 11.4 Å². The predicted molar refractivity (Wildman–Crippen MR) is 94.5 cm³/mol. The topological polar surface area (TPSA) is 98.1 Å². The summed E-state index contributed by atoms with van der Waals surface area (Å²) in [5, 5.41) is 13.3. The number of rotatable bonds is 3. The number of aromatic nitrogens is 3. The first-order valence-corrected chi connectivity index (χ1v) is 8.00. The number of fused-ring (bicyclic) bond motifs is 1. The van der Waals surface area contributed by atoms with E-state index >= 15 is 0 Å². The molecule has 1 unspecified atom stereocenters. The van der Waals surface area contributed by atoms with Crippen molar-refractivity contribution in [2.75, 3.05) is 10.6 Å². The highest BCUT2D eigenvalue weighted by Crippen LogP contribution is 2.32. The maximum atomic E-state index is 12.7. The number of nitrogens with one attached hydrogen (secondary N) is 2. The van der Waals surface area contributed by atoms with E-state index < -0.39 is 6.10 Å². The molecule has 1 aliphatic rings. The summed E-state index contributed by atoms with van der Waals surface area (Å²) in [6.07, 6.45) is 2.67. The first-order chi connectivity index (χ1) is 12.6. The quantitative estimate of drug-likeness (QED) is 0.756. The highest BCUT2D eigenvalue weighted by Gasteiger charge is 2.24. The van der Waals surface area contributed by atoms with Crippen molar-refractivity contribution in [1.82, 2.24) is 15.0 Å². The van der Waals surface area contributed by atoms with Crippen molar-refractivity contribution >= 4 is 23.2 Å². The zero-order valence-electron chi connectivity index (χ0n) is 13.8. The van der Waals surface area contributed by atoms with Crippen LogP contribution in [0.25, 0.3) is 5.69 Å². The maximum absolute atomic E-state index is 12.7. The summed E-state index contributed by atoms with van der Waals surface area (Å²) in [5.74, 6) is 0.0445. The molecule has 3 aromatic rings. The number of anilines is 2. The first-order valence-electron chi connectivity index (χ1n) is 8.00. The SMILES string of the molecule is CC1Oc2ccc(NC(=O)c3ccccc3-n3ccnn3)cc2NC1=O. The third-order valence-electron chi connectivity index (χ3n) is 3.99. The third kappa shape index (κ3) is 2.88. The van der Waals surface area contributed by atoms with Gasteiger partial charge in [-0.1, -0.05) is 17.3 Å².